The summed E-state index contributed by atoms with van der Waals surface area (Å²) in [5.41, 5.74) is 9.93. The Bertz CT molecular complexity index is 1680. The van der Waals surface area contributed by atoms with Crippen molar-refractivity contribution >= 4 is 35.0 Å². The number of hydrogen-bond donors (Lipinski definition) is 1. The van der Waals surface area contributed by atoms with E-state index in [9.17, 15) is 9.59 Å². The fourth-order valence-corrected chi connectivity index (χ4v) is 5.28. The zero-order valence-electron chi connectivity index (χ0n) is 23.6. The molecule has 2 aromatic carbocycles. The first kappa shape index (κ1) is 28.5. The summed E-state index contributed by atoms with van der Waals surface area (Å²) in [6.07, 6.45) is 1.75. The van der Waals surface area contributed by atoms with Crippen LogP contribution in [-0.2, 0) is 17.9 Å². The first-order chi connectivity index (χ1) is 19.3. The second-order valence-corrected chi connectivity index (χ2v) is 11.8. The van der Waals surface area contributed by atoms with Crippen molar-refractivity contribution < 1.29 is 19.1 Å². The largest absolute Gasteiger partial charge is 0.496 e. The molecular weight excluding hydrogens is 567 g/mol. The second kappa shape index (κ2) is 10.4. The Morgan fingerprint density at radius 1 is 1.07 bits per heavy atom. The van der Waals surface area contributed by atoms with Crippen molar-refractivity contribution in [3.63, 3.8) is 0 Å². The molecule has 41 heavy (non-hydrogen) atoms. The molecule has 0 bridgehead atoms. The third-order valence-corrected chi connectivity index (χ3v) is 7.51. The monoisotopic (exact) mass is 596 g/mol. The predicted molar refractivity (Wildman–Crippen MR) is 157 cm³/mol. The van der Waals surface area contributed by atoms with E-state index < -0.39 is 11.4 Å². The molecule has 10 nitrogen and oxygen atoms in total. The lowest BCUT2D eigenvalue weighted by Crippen LogP contribution is -2.43. The van der Waals surface area contributed by atoms with Gasteiger partial charge in [-0.15, -0.1) is 0 Å². The molecule has 4 aromatic rings. The van der Waals surface area contributed by atoms with Crippen LogP contribution in [0.25, 0.3) is 28.1 Å². The number of hydrogen-bond acceptors (Lipinski definition) is 6. The fraction of sp³-hybridized carbons (Fsp3) is 0.310. The maximum Gasteiger partial charge on any atom is 0.274 e. The minimum Gasteiger partial charge on any atom is -0.496 e. The molecule has 2 amide bonds. The second-order valence-electron chi connectivity index (χ2n) is 10.9. The number of carbonyl (C=O) groups excluding carboxylic acids is 2. The molecule has 1 aliphatic rings. The van der Waals surface area contributed by atoms with E-state index in [1.807, 2.05) is 33.8 Å². The molecule has 3 heterocycles. The van der Waals surface area contributed by atoms with E-state index in [1.54, 1.807) is 54.2 Å². The highest BCUT2D eigenvalue weighted by atomic mass is 35.5. The SMILES string of the molecule is COc1cc2c(cc1-c1cn(CC(N)=O)nc1C)-c1c(c(C(=O)N(C)C(C)(C)C)nn1-c1cc(Cl)cc(Cl)c1)CO2. The van der Waals surface area contributed by atoms with Crippen LogP contribution in [0.4, 0.5) is 0 Å². The molecule has 2 aromatic heterocycles. The Labute approximate surface area is 247 Å². The van der Waals surface area contributed by atoms with Crippen molar-refractivity contribution in [2.75, 3.05) is 14.2 Å². The van der Waals surface area contributed by atoms with Crippen LogP contribution < -0.4 is 15.2 Å². The van der Waals surface area contributed by atoms with Crippen LogP contribution in [0.2, 0.25) is 10.0 Å². The lowest BCUT2D eigenvalue weighted by Gasteiger charge is -2.31. The number of nitrogens with zero attached hydrogens (tertiary/aromatic N) is 5. The molecule has 0 unspecified atom stereocenters. The van der Waals surface area contributed by atoms with Crippen molar-refractivity contribution in [3.8, 4) is 39.6 Å². The number of halogens is 2. The summed E-state index contributed by atoms with van der Waals surface area (Å²) in [6.45, 7) is 7.76. The number of carbonyl (C=O) groups is 2. The lowest BCUT2D eigenvalue weighted by molar-refractivity contribution is -0.118. The molecule has 0 aliphatic carbocycles. The summed E-state index contributed by atoms with van der Waals surface area (Å²) in [6, 6.07) is 8.81. The number of amides is 2. The van der Waals surface area contributed by atoms with E-state index in [-0.39, 0.29) is 24.8 Å². The number of nitrogens with two attached hydrogens (primary N) is 1. The third-order valence-electron chi connectivity index (χ3n) is 7.07. The van der Waals surface area contributed by atoms with Gasteiger partial charge in [0, 0.05) is 57.1 Å². The summed E-state index contributed by atoms with van der Waals surface area (Å²) in [7, 11) is 3.32. The quantitative estimate of drug-likeness (QED) is 0.324. The summed E-state index contributed by atoms with van der Waals surface area (Å²) < 4.78 is 15.1. The van der Waals surface area contributed by atoms with Crippen LogP contribution in [0.5, 0.6) is 11.5 Å². The minimum atomic E-state index is -0.504. The topological polar surface area (TPSA) is 118 Å². The standard InChI is InChI=1S/C29H30Cl2N6O4/c1-15-21(12-36(33-15)13-25(32)38)19-10-20-24(11-23(19)40-6)41-14-22-26(28(39)35(5)29(2,3)4)34-37(27(20)22)18-8-16(30)7-17(31)9-18/h7-12H,13-14H2,1-6H3,(H2,32,38). The lowest BCUT2D eigenvalue weighted by atomic mass is 9.96. The van der Waals surface area contributed by atoms with E-state index in [1.165, 1.54) is 4.68 Å². The van der Waals surface area contributed by atoms with Gasteiger partial charge in [-0.2, -0.15) is 10.2 Å². The van der Waals surface area contributed by atoms with Gasteiger partial charge in [0.2, 0.25) is 5.91 Å². The van der Waals surface area contributed by atoms with Crippen molar-refractivity contribution in [2.24, 2.45) is 5.73 Å². The molecule has 0 fully saturated rings. The highest BCUT2D eigenvalue weighted by Gasteiger charge is 2.35. The van der Waals surface area contributed by atoms with E-state index in [0.717, 1.165) is 5.56 Å². The average molecular weight is 598 g/mol. The number of fused-ring (bicyclic) bond motifs is 3. The number of ether oxygens (including phenoxy) is 2. The number of aromatic nitrogens is 4. The summed E-state index contributed by atoms with van der Waals surface area (Å²) in [4.78, 5) is 26.9. The van der Waals surface area contributed by atoms with Crippen molar-refractivity contribution in [1.82, 2.24) is 24.5 Å². The fourth-order valence-electron chi connectivity index (χ4n) is 4.77. The Morgan fingerprint density at radius 2 is 1.76 bits per heavy atom. The zero-order chi connectivity index (χ0) is 29.8. The number of primary amides is 1. The predicted octanol–water partition coefficient (Wildman–Crippen LogP) is 5.27. The summed E-state index contributed by atoms with van der Waals surface area (Å²) >= 11 is 12.8. The highest BCUT2D eigenvalue weighted by Crippen LogP contribution is 2.46. The van der Waals surface area contributed by atoms with Crippen LogP contribution >= 0.6 is 23.2 Å². The number of aryl methyl sites for hydroxylation is 1. The van der Waals surface area contributed by atoms with E-state index in [2.05, 4.69) is 5.10 Å². The molecule has 0 saturated heterocycles. The van der Waals surface area contributed by atoms with Crippen molar-refractivity contribution in [3.05, 3.63) is 63.5 Å². The molecule has 2 N–H and O–H groups in total. The van der Waals surface area contributed by atoms with Gasteiger partial charge in [-0.1, -0.05) is 23.2 Å². The van der Waals surface area contributed by atoms with Gasteiger partial charge >= 0.3 is 0 Å². The van der Waals surface area contributed by atoms with Gasteiger partial charge < -0.3 is 20.1 Å². The summed E-state index contributed by atoms with van der Waals surface area (Å²) in [5.74, 6) is 0.355. The van der Waals surface area contributed by atoms with Crippen molar-refractivity contribution in [2.45, 2.75) is 46.4 Å². The average Bonchev–Trinajstić information content (AvgIpc) is 3.45. The Kier molecular flexibility index (Phi) is 7.25. The molecule has 0 radical (unpaired) electrons. The van der Waals surface area contributed by atoms with Gasteiger partial charge in [0.15, 0.2) is 5.69 Å². The van der Waals surface area contributed by atoms with Crippen LogP contribution in [0.1, 0.15) is 42.5 Å². The Balaban J connectivity index is 1.77. The molecular formula is C29H30Cl2N6O4. The minimum absolute atomic E-state index is 0.0591. The molecule has 5 rings (SSSR count). The van der Waals surface area contributed by atoms with Gasteiger partial charge in [0.1, 0.15) is 24.7 Å². The normalized spacial score (nSPS) is 12.4. The van der Waals surface area contributed by atoms with Crippen LogP contribution in [0.15, 0.2) is 36.5 Å². The summed E-state index contributed by atoms with van der Waals surface area (Å²) in [5, 5.41) is 10.1. The van der Waals surface area contributed by atoms with Crippen LogP contribution in [0, 0.1) is 6.92 Å². The van der Waals surface area contributed by atoms with Gasteiger partial charge in [0.25, 0.3) is 5.91 Å². The first-order valence-electron chi connectivity index (χ1n) is 12.8. The number of benzene rings is 2. The van der Waals surface area contributed by atoms with Crippen molar-refractivity contribution in [1.29, 1.82) is 0 Å². The van der Waals surface area contributed by atoms with Gasteiger partial charge in [0.05, 0.1) is 24.2 Å². The van der Waals surface area contributed by atoms with E-state index in [4.69, 9.17) is 43.5 Å². The molecule has 0 saturated carbocycles. The number of rotatable bonds is 6. The van der Waals surface area contributed by atoms with Gasteiger partial charge in [-0.05, 0) is 52.0 Å². The number of methoxy groups -OCH3 is 1. The van der Waals surface area contributed by atoms with Gasteiger partial charge in [-0.3, -0.25) is 14.3 Å². The molecule has 1 aliphatic heterocycles. The van der Waals surface area contributed by atoms with E-state index >= 15 is 0 Å². The Morgan fingerprint density at radius 3 is 2.37 bits per heavy atom. The molecule has 12 heteroatoms. The molecule has 0 atom stereocenters. The maximum absolute atomic E-state index is 13.8. The Hall–Kier alpha value is -4.02. The van der Waals surface area contributed by atoms with Crippen LogP contribution in [-0.4, -0.2) is 56.0 Å². The highest BCUT2D eigenvalue weighted by molar-refractivity contribution is 6.34. The molecule has 0 spiro atoms. The van der Waals surface area contributed by atoms with Crippen LogP contribution in [0.3, 0.4) is 0 Å². The maximum atomic E-state index is 13.8. The smallest absolute Gasteiger partial charge is 0.274 e. The first-order valence-corrected chi connectivity index (χ1v) is 13.6. The zero-order valence-corrected chi connectivity index (χ0v) is 25.1. The van der Waals surface area contributed by atoms with E-state index in [0.29, 0.717) is 55.3 Å². The van der Waals surface area contributed by atoms with Gasteiger partial charge in [-0.25, -0.2) is 4.68 Å². The third kappa shape index (κ3) is 5.25. The molecule has 214 valence electrons.